The Morgan fingerprint density at radius 3 is 2.41 bits per heavy atom. The first kappa shape index (κ1) is 28.4. The first-order valence-corrected chi connectivity index (χ1v) is 10.9. The van der Waals surface area contributed by atoms with Crippen molar-refractivity contribution in [3.05, 3.63) is 18.2 Å². The molecule has 1 heterocycles. The predicted octanol–water partition coefficient (Wildman–Crippen LogP) is -2.45. The zero-order chi connectivity index (χ0) is 25.7. The highest BCUT2D eigenvalue weighted by atomic mass is 16.4. The van der Waals surface area contributed by atoms with E-state index in [0.717, 1.165) is 0 Å². The van der Waals surface area contributed by atoms with Gasteiger partial charge in [0.25, 0.3) is 0 Å². The van der Waals surface area contributed by atoms with E-state index in [1.807, 2.05) is 13.8 Å². The predicted molar refractivity (Wildman–Crippen MR) is 124 cm³/mol. The second-order valence-electron chi connectivity index (χ2n) is 8.20. The van der Waals surface area contributed by atoms with Gasteiger partial charge in [0.1, 0.15) is 12.1 Å². The first-order chi connectivity index (χ1) is 16.0. The highest BCUT2D eigenvalue weighted by Gasteiger charge is 2.27. The lowest BCUT2D eigenvalue weighted by Crippen LogP contribution is -2.54. The summed E-state index contributed by atoms with van der Waals surface area (Å²) < 4.78 is 0. The number of aromatic nitrogens is 2. The number of hydrogen-bond donors (Lipinski definition) is 8. The van der Waals surface area contributed by atoms with E-state index < -0.39 is 48.4 Å². The number of carboxylic acid groups (broad SMARTS) is 1. The number of nitrogens with one attached hydrogen (secondary N) is 4. The molecule has 0 bridgehead atoms. The lowest BCUT2D eigenvalue weighted by atomic mass is 10.0. The maximum atomic E-state index is 12.7. The molecular formula is C20H35N9O5. The van der Waals surface area contributed by atoms with Gasteiger partial charge in [0, 0.05) is 24.9 Å². The second-order valence-corrected chi connectivity index (χ2v) is 8.20. The van der Waals surface area contributed by atoms with Crippen molar-refractivity contribution >= 4 is 29.7 Å². The van der Waals surface area contributed by atoms with E-state index in [9.17, 15) is 24.3 Å². The van der Waals surface area contributed by atoms with E-state index in [4.69, 9.17) is 17.2 Å². The van der Waals surface area contributed by atoms with Crippen LogP contribution in [0.25, 0.3) is 0 Å². The molecule has 0 aromatic carbocycles. The standard InChI is InChI=1S/C20H35N9O5/c1-11(2)6-15(18(32)29-14(19(33)34)4-3-5-25-20(22)23)28-16(30)9-26-17(31)13(21)7-12-8-24-10-27-12/h8,10-11,13-15H,3-7,9,21H2,1-2H3,(H,24,27)(H,26,31)(H,28,30)(H,29,32)(H,33,34)(H4,22,23,25). The number of imidazole rings is 1. The number of nitrogens with two attached hydrogens (primary N) is 3. The Morgan fingerprint density at radius 2 is 1.85 bits per heavy atom. The monoisotopic (exact) mass is 481 g/mol. The number of carbonyl (C=O) groups excluding carboxylic acids is 3. The highest BCUT2D eigenvalue weighted by molar-refractivity contribution is 5.92. The minimum Gasteiger partial charge on any atom is -0.480 e. The van der Waals surface area contributed by atoms with Crippen LogP contribution >= 0.6 is 0 Å². The Balaban J connectivity index is 2.62. The van der Waals surface area contributed by atoms with Crippen molar-refractivity contribution in [1.82, 2.24) is 25.9 Å². The molecule has 11 N–H and O–H groups in total. The highest BCUT2D eigenvalue weighted by Crippen LogP contribution is 2.07. The van der Waals surface area contributed by atoms with E-state index in [1.54, 1.807) is 6.20 Å². The van der Waals surface area contributed by atoms with E-state index in [1.165, 1.54) is 6.33 Å². The number of H-pyrrole nitrogens is 1. The summed E-state index contributed by atoms with van der Waals surface area (Å²) in [5.41, 5.74) is 17.0. The molecule has 3 atom stereocenters. The van der Waals surface area contributed by atoms with Crippen LogP contribution in [0.2, 0.25) is 0 Å². The van der Waals surface area contributed by atoms with E-state index in [2.05, 4.69) is 30.9 Å². The summed E-state index contributed by atoms with van der Waals surface area (Å²) in [6.45, 7) is 3.54. The molecule has 0 fully saturated rings. The average molecular weight is 482 g/mol. The van der Waals surface area contributed by atoms with Crippen LogP contribution in [-0.4, -0.2) is 75.9 Å². The van der Waals surface area contributed by atoms with Gasteiger partial charge in [-0.05, 0) is 25.2 Å². The summed E-state index contributed by atoms with van der Waals surface area (Å²) in [5, 5.41) is 16.8. The van der Waals surface area contributed by atoms with Crippen molar-refractivity contribution in [2.24, 2.45) is 28.1 Å². The van der Waals surface area contributed by atoms with Crippen LogP contribution in [0.1, 0.15) is 38.8 Å². The largest absolute Gasteiger partial charge is 0.480 e. The third-order valence-corrected chi connectivity index (χ3v) is 4.67. The van der Waals surface area contributed by atoms with Gasteiger partial charge in [0.2, 0.25) is 17.7 Å². The maximum Gasteiger partial charge on any atom is 0.326 e. The fourth-order valence-electron chi connectivity index (χ4n) is 3.01. The molecule has 3 amide bonds. The molecule has 0 radical (unpaired) electrons. The van der Waals surface area contributed by atoms with Crippen molar-refractivity contribution in [3.63, 3.8) is 0 Å². The lowest BCUT2D eigenvalue weighted by molar-refractivity contribution is -0.142. The number of aliphatic imine (C=N–C) groups is 1. The number of amides is 3. The molecular weight excluding hydrogens is 446 g/mol. The van der Waals surface area contributed by atoms with Crippen LogP contribution in [0.4, 0.5) is 0 Å². The molecule has 0 aliphatic rings. The molecule has 1 aromatic heterocycles. The molecule has 0 saturated carbocycles. The van der Waals surface area contributed by atoms with Crippen molar-refractivity contribution in [3.8, 4) is 0 Å². The fourth-order valence-corrected chi connectivity index (χ4v) is 3.01. The Kier molecular flexibility index (Phi) is 12.1. The number of carbonyl (C=O) groups is 4. The Bertz CT molecular complexity index is 837. The zero-order valence-corrected chi connectivity index (χ0v) is 19.4. The number of aliphatic carboxylic acids is 1. The van der Waals surface area contributed by atoms with Crippen LogP contribution in [0.15, 0.2) is 17.5 Å². The van der Waals surface area contributed by atoms with E-state index >= 15 is 0 Å². The van der Waals surface area contributed by atoms with Gasteiger partial charge < -0.3 is 43.2 Å². The number of hydrogen-bond acceptors (Lipinski definition) is 7. The lowest BCUT2D eigenvalue weighted by Gasteiger charge is -2.23. The van der Waals surface area contributed by atoms with Gasteiger partial charge in [0.05, 0.1) is 18.9 Å². The number of nitrogens with zero attached hydrogens (tertiary/aromatic N) is 2. The van der Waals surface area contributed by atoms with Gasteiger partial charge in [-0.15, -0.1) is 0 Å². The molecule has 14 heteroatoms. The van der Waals surface area contributed by atoms with Crippen molar-refractivity contribution < 1.29 is 24.3 Å². The fraction of sp³-hybridized carbons (Fsp3) is 0.600. The van der Waals surface area contributed by atoms with Crippen LogP contribution < -0.4 is 33.2 Å². The van der Waals surface area contributed by atoms with Gasteiger partial charge in [-0.25, -0.2) is 9.78 Å². The van der Waals surface area contributed by atoms with Crippen LogP contribution in [0.5, 0.6) is 0 Å². The maximum absolute atomic E-state index is 12.7. The number of guanidine groups is 1. The SMILES string of the molecule is CC(C)CC(NC(=O)CNC(=O)C(N)Cc1cnc[nH]1)C(=O)NC(CCCN=C(N)N)C(=O)O. The topological polar surface area (TPSA) is 244 Å². The summed E-state index contributed by atoms with van der Waals surface area (Å²) in [7, 11) is 0. The van der Waals surface area contributed by atoms with Gasteiger partial charge in [-0.3, -0.25) is 19.4 Å². The minimum absolute atomic E-state index is 0.0265. The van der Waals surface area contributed by atoms with Gasteiger partial charge in [0.15, 0.2) is 5.96 Å². The van der Waals surface area contributed by atoms with Crippen molar-refractivity contribution in [1.29, 1.82) is 0 Å². The quantitative estimate of drug-likeness (QED) is 0.0751. The summed E-state index contributed by atoms with van der Waals surface area (Å²) in [4.78, 5) is 59.2. The summed E-state index contributed by atoms with van der Waals surface area (Å²) >= 11 is 0. The summed E-state index contributed by atoms with van der Waals surface area (Å²) in [5.74, 6) is -3.09. The molecule has 34 heavy (non-hydrogen) atoms. The van der Waals surface area contributed by atoms with Gasteiger partial charge in [-0.2, -0.15) is 0 Å². The summed E-state index contributed by atoms with van der Waals surface area (Å²) in [6.07, 6.45) is 3.93. The average Bonchev–Trinajstić information content (AvgIpc) is 3.25. The molecule has 0 saturated heterocycles. The molecule has 0 aliphatic heterocycles. The number of aromatic amines is 1. The Morgan fingerprint density at radius 1 is 1.15 bits per heavy atom. The third kappa shape index (κ3) is 11.3. The first-order valence-electron chi connectivity index (χ1n) is 10.9. The minimum atomic E-state index is -1.22. The number of carboxylic acids is 1. The van der Waals surface area contributed by atoms with E-state index in [0.29, 0.717) is 12.1 Å². The molecule has 1 aromatic rings. The molecule has 14 nitrogen and oxygen atoms in total. The molecule has 0 spiro atoms. The summed E-state index contributed by atoms with van der Waals surface area (Å²) in [6, 6.07) is -3.05. The molecule has 3 unspecified atom stereocenters. The number of rotatable bonds is 15. The van der Waals surface area contributed by atoms with Gasteiger partial charge in [-0.1, -0.05) is 13.8 Å². The van der Waals surface area contributed by atoms with E-state index in [-0.39, 0.29) is 37.7 Å². The molecule has 190 valence electrons. The Hall–Kier alpha value is -3.68. The molecule has 1 rings (SSSR count). The molecule has 0 aliphatic carbocycles. The second kappa shape index (κ2) is 14.5. The van der Waals surface area contributed by atoms with Crippen molar-refractivity contribution in [2.45, 2.75) is 57.7 Å². The van der Waals surface area contributed by atoms with Gasteiger partial charge >= 0.3 is 5.97 Å². The van der Waals surface area contributed by atoms with Crippen LogP contribution in [0, 0.1) is 5.92 Å². The Labute approximate surface area is 197 Å². The normalized spacial score (nSPS) is 13.4. The zero-order valence-electron chi connectivity index (χ0n) is 19.4. The van der Waals surface area contributed by atoms with Crippen LogP contribution in [-0.2, 0) is 25.6 Å². The van der Waals surface area contributed by atoms with Crippen LogP contribution in [0.3, 0.4) is 0 Å². The smallest absolute Gasteiger partial charge is 0.326 e. The third-order valence-electron chi connectivity index (χ3n) is 4.67. The van der Waals surface area contributed by atoms with Crippen molar-refractivity contribution in [2.75, 3.05) is 13.1 Å².